The van der Waals surface area contributed by atoms with E-state index in [2.05, 4.69) is 25.1 Å². The lowest BCUT2D eigenvalue weighted by Gasteiger charge is -2.22. The first-order valence-electron chi connectivity index (χ1n) is 11.3. The lowest BCUT2D eigenvalue weighted by atomic mass is 10.0. The molecule has 4 aromatic rings. The van der Waals surface area contributed by atoms with Crippen LogP contribution in [0.25, 0.3) is 16.8 Å². The molecule has 2 atom stereocenters. The summed E-state index contributed by atoms with van der Waals surface area (Å²) in [5.74, 6) is 1.66. The average molecular weight is 440 g/mol. The number of hydrogen-bond acceptors (Lipinski definition) is 6. The number of aromatic nitrogens is 5. The molecule has 2 aliphatic heterocycles. The van der Waals surface area contributed by atoms with Crippen LogP contribution >= 0.6 is 0 Å². The number of benzene rings is 1. The summed E-state index contributed by atoms with van der Waals surface area (Å²) in [4.78, 5) is 27.3. The van der Waals surface area contributed by atoms with Crippen LogP contribution in [-0.4, -0.2) is 61.8 Å². The molecule has 8 heteroatoms. The molecule has 2 saturated heterocycles. The van der Waals surface area contributed by atoms with Crippen LogP contribution in [0.3, 0.4) is 0 Å². The maximum atomic E-state index is 13.8. The molecule has 0 spiro atoms. The number of aryl methyl sites for hydroxylation is 2. The molecule has 0 aliphatic carbocycles. The number of anilines is 1. The number of amides is 1. The molecule has 2 aliphatic rings. The lowest BCUT2D eigenvalue weighted by Crippen LogP contribution is -2.34. The normalized spacial score (nSPS) is 19.9. The molecule has 6 rings (SSSR count). The molecule has 33 heavy (non-hydrogen) atoms. The first kappa shape index (κ1) is 19.8. The van der Waals surface area contributed by atoms with Gasteiger partial charge in [0.25, 0.3) is 5.91 Å². The Morgan fingerprint density at radius 1 is 0.909 bits per heavy atom. The monoisotopic (exact) mass is 439 g/mol. The van der Waals surface area contributed by atoms with E-state index >= 15 is 0 Å². The summed E-state index contributed by atoms with van der Waals surface area (Å²) in [6.45, 7) is 7.22. The van der Waals surface area contributed by atoms with E-state index < -0.39 is 0 Å². The predicted molar refractivity (Wildman–Crippen MR) is 125 cm³/mol. The van der Waals surface area contributed by atoms with Gasteiger partial charge in [-0.25, -0.2) is 9.97 Å². The van der Waals surface area contributed by atoms with E-state index in [1.807, 2.05) is 67.3 Å². The Kier molecular flexibility index (Phi) is 4.60. The standard InChI is InChI=1S/C25H25N7O/c1-16-11-17(2)28-25(27-16)31-14-19-12-30(13-20(19)15-31)24(33)22-21-9-6-10-26-32(21)29-23(22)18-7-4-3-5-8-18/h3-11,19-20H,12-15H2,1-2H3/t19-,20+. The SMILES string of the molecule is Cc1cc(C)nc(N2C[C@H]3CN(C(=O)c4c(-c5ccccc5)nn5ncccc45)C[C@H]3C2)n1. The van der Waals surface area contributed by atoms with Gasteiger partial charge in [-0.1, -0.05) is 30.3 Å². The van der Waals surface area contributed by atoms with Crippen LogP contribution < -0.4 is 4.90 Å². The Balaban J connectivity index is 1.27. The molecular formula is C25H25N7O. The highest BCUT2D eigenvalue weighted by Crippen LogP contribution is 2.35. The third-order valence-electron chi connectivity index (χ3n) is 6.71. The fourth-order valence-corrected chi connectivity index (χ4v) is 5.23. The summed E-state index contributed by atoms with van der Waals surface area (Å²) in [6, 6.07) is 15.6. The maximum absolute atomic E-state index is 13.8. The van der Waals surface area contributed by atoms with Gasteiger partial charge in [0.05, 0.1) is 5.56 Å². The molecular weight excluding hydrogens is 414 g/mol. The second-order valence-corrected chi connectivity index (χ2v) is 9.07. The van der Waals surface area contributed by atoms with Gasteiger partial charge in [0.15, 0.2) is 0 Å². The van der Waals surface area contributed by atoms with Gasteiger partial charge in [0.2, 0.25) is 5.95 Å². The van der Waals surface area contributed by atoms with Gasteiger partial charge < -0.3 is 9.80 Å². The van der Waals surface area contributed by atoms with Gasteiger partial charge in [0.1, 0.15) is 11.2 Å². The van der Waals surface area contributed by atoms with Crippen molar-refractivity contribution < 1.29 is 4.79 Å². The molecule has 0 radical (unpaired) electrons. The molecule has 0 unspecified atom stereocenters. The number of carbonyl (C=O) groups excluding carboxylic acids is 1. The van der Waals surface area contributed by atoms with E-state index in [1.165, 1.54) is 0 Å². The van der Waals surface area contributed by atoms with E-state index in [-0.39, 0.29) is 5.91 Å². The summed E-state index contributed by atoms with van der Waals surface area (Å²) in [7, 11) is 0. The van der Waals surface area contributed by atoms with Gasteiger partial charge >= 0.3 is 0 Å². The Morgan fingerprint density at radius 3 is 2.30 bits per heavy atom. The topological polar surface area (TPSA) is 79.5 Å². The molecule has 2 fully saturated rings. The third kappa shape index (κ3) is 3.42. The number of rotatable bonds is 3. The third-order valence-corrected chi connectivity index (χ3v) is 6.71. The van der Waals surface area contributed by atoms with E-state index in [0.717, 1.165) is 54.6 Å². The number of fused-ring (bicyclic) bond motifs is 2. The average Bonchev–Trinajstić information content (AvgIpc) is 3.50. The van der Waals surface area contributed by atoms with Gasteiger partial charge in [-0.05, 0) is 32.0 Å². The summed E-state index contributed by atoms with van der Waals surface area (Å²) in [5.41, 5.74) is 4.95. The minimum absolute atomic E-state index is 0.0282. The zero-order chi connectivity index (χ0) is 22.5. The van der Waals surface area contributed by atoms with Crippen molar-refractivity contribution in [2.24, 2.45) is 11.8 Å². The molecule has 1 amide bonds. The highest BCUT2D eigenvalue weighted by Gasteiger charge is 2.43. The Hall–Kier alpha value is -3.81. The van der Waals surface area contributed by atoms with Crippen LogP contribution in [0.5, 0.6) is 0 Å². The minimum atomic E-state index is 0.0282. The van der Waals surface area contributed by atoms with Gasteiger partial charge in [0, 0.05) is 61.2 Å². The smallest absolute Gasteiger partial charge is 0.258 e. The minimum Gasteiger partial charge on any atom is -0.340 e. The predicted octanol–water partition coefficient (Wildman–Crippen LogP) is 3.01. The number of likely N-dealkylation sites (tertiary alicyclic amines) is 1. The second kappa shape index (κ2) is 7.65. The number of nitrogens with zero attached hydrogens (tertiary/aromatic N) is 7. The van der Waals surface area contributed by atoms with Crippen LogP contribution in [0, 0.1) is 25.7 Å². The van der Waals surface area contributed by atoms with Gasteiger partial charge in [-0.15, -0.1) is 5.10 Å². The molecule has 0 N–H and O–H groups in total. The summed E-state index contributed by atoms with van der Waals surface area (Å²) in [6.07, 6.45) is 1.69. The van der Waals surface area contributed by atoms with Gasteiger partial charge in [-0.3, -0.25) is 4.79 Å². The number of carbonyl (C=O) groups is 1. The van der Waals surface area contributed by atoms with Crippen molar-refractivity contribution in [1.82, 2.24) is 29.7 Å². The highest BCUT2D eigenvalue weighted by molar-refractivity contribution is 6.06. The molecule has 1 aromatic carbocycles. The quantitative estimate of drug-likeness (QED) is 0.488. The van der Waals surface area contributed by atoms with Crippen LogP contribution in [0.1, 0.15) is 21.7 Å². The summed E-state index contributed by atoms with van der Waals surface area (Å²) >= 11 is 0. The zero-order valence-corrected chi connectivity index (χ0v) is 18.7. The van der Waals surface area contributed by atoms with E-state index in [0.29, 0.717) is 23.1 Å². The van der Waals surface area contributed by atoms with Crippen LogP contribution in [0.15, 0.2) is 54.7 Å². The zero-order valence-electron chi connectivity index (χ0n) is 18.7. The van der Waals surface area contributed by atoms with E-state index in [1.54, 1.807) is 10.8 Å². The van der Waals surface area contributed by atoms with Gasteiger partial charge in [-0.2, -0.15) is 9.73 Å². The Morgan fingerprint density at radius 2 is 1.61 bits per heavy atom. The Labute approximate surface area is 191 Å². The molecule has 0 bridgehead atoms. The van der Waals surface area contributed by atoms with E-state index in [9.17, 15) is 4.79 Å². The van der Waals surface area contributed by atoms with Crippen molar-refractivity contribution in [3.05, 3.63) is 71.7 Å². The first-order valence-corrected chi connectivity index (χ1v) is 11.3. The molecule has 166 valence electrons. The summed E-state index contributed by atoms with van der Waals surface area (Å²) < 4.78 is 1.56. The molecule has 5 heterocycles. The van der Waals surface area contributed by atoms with Crippen molar-refractivity contribution in [2.75, 3.05) is 31.1 Å². The lowest BCUT2D eigenvalue weighted by molar-refractivity contribution is 0.0785. The largest absolute Gasteiger partial charge is 0.340 e. The Bertz CT molecular complexity index is 1320. The van der Waals surface area contributed by atoms with Crippen molar-refractivity contribution >= 4 is 17.4 Å². The van der Waals surface area contributed by atoms with Crippen molar-refractivity contribution in [3.63, 3.8) is 0 Å². The fourth-order valence-electron chi connectivity index (χ4n) is 5.23. The first-order chi connectivity index (χ1) is 16.1. The highest BCUT2D eigenvalue weighted by atomic mass is 16.2. The fraction of sp³-hybridized carbons (Fsp3) is 0.320. The van der Waals surface area contributed by atoms with Crippen LogP contribution in [-0.2, 0) is 0 Å². The molecule has 3 aromatic heterocycles. The second-order valence-electron chi connectivity index (χ2n) is 9.07. The van der Waals surface area contributed by atoms with Crippen molar-refractivity contribution in [3.8, 4) is 11.3 Å². The van der Waals surface area contributed by atoms with Crippen LogP contribution in [0.4, 0.5) is 5.95 Å². The van der Waals surface area contributed by atoms with Crippen LogP contribution in [0.2, 0.25) is 0 Å². The molecule has 8 nitrogen and oxygen atoms in total. The van der Waals surface area contributed by atoms with Crippen molar-refractivity contribution in [1.29, 1.82) is 0 Å². The van der Waals surface area contributed by atoms with Crippen molar-refractivity contribution in [2.45, 2.75) is 13.8 Å². The maximum Gasteiger partial charge on any atom is 0.258 e. The summed E-state index contributed by atoms with van der Waals surface area (Å²) in [5, 5.41) is 8.98. The molecule has 0 saturated carbocycles. The number of hydrogen-bond donors (Lipinski definition) is 0. The van der Waals surface area contributed by atoms with E-state index in [4.69, 9.17) is 0 Å².